The second-order valence-corrected chi connectivity index (χ2v) is 6.10. The molecule has 18 heavy (non-hydrogen) atoms. The first kappa shape index (κ1) is 13.8. The molecule has 1 unspecified atom stereocenters. The molecule has 1 aliphatic heterocycles. The first-order valence-corrected chi connectivity index (χ1v) is 6.97. The van der Waals surface area contributed by atoms with Crippen molar-refractivity contribution in [2.45, 2.75) is 71.0 Å². The molecule has 0 saturated carbocycles. The first-order valence-electron chi connectivity index (χ1n) is 6.97. The Balaban J connectivity index is 2.11. The summed E-state index contributed by atoms with van der Waals surface area (Å²) in [7, 11) is -0.326. The first-order chi connectivity index (χ1) is 8.38. The number of rotatable bonds is 4. The molecule has 1 heterocycles. The van der Waals surface area contributed by atoms with E-state index in [0.29, 0.717) is 6.42 Å². The Morgan fingerprint density at radius 1 is 1.28 bits per heavy atom. The molecule has 1 fully saturated rings. The molecule has 2 rings (SSSR count). The van der Waals surface area contributed by atoms with Gasteiger partial charge in [0.2, 0.25) is 0 Å². The SMILES string of the molecule is CCCCC1(C)OB(C2=CC(=O)CC2)OC1(C)C. The van der Waals surface area contributed by atoms with Gasteiger partial charge in [-0.2, -0.15) is 0 Å². The van der Waals surface area contributed by atoms with Gasteiger partial charge < -0.3 is 9.31 Å². The van der Waals surface area contributed by atoms with Gasteiger partial charge in [-0.25, -0.2) is 0 Å². The number of carbonyl (C=O) groups excluding carboxylic acids is 1. The zero-order valence-corrected chi connectivity index (χ0v) is 11.9. The summed E-state index contributed by atoms with van der Waals surface area (Å²) in [6, 6.07) is 0. The fraction of sp³-hybridized carbons (Fsp3) is 0.786. The molecule has 0 spiro atoms. The van der Waals surface area contributed by atoms with E-state index in [-0.39, 0.29) is 24.1 Å². The molecule has 100 valence electrons. The molecule has 0 radical (unpaired) electrons. The molecule has 0 amide bonds. The molecule has 1 atom stereocenters. The summed E-state index contributed by atoms with van der Waals surface area (Å²) in [6.45, 7) is 8.47. The Labute approximate surface area is 110 Å². The van der Waals surface area contributed by atoms with E-state index in [9.17, 15) is 4.79 Å². The molecular formula is C14H23BO3. The molecule has 0 aromatic heterocycles. The van der Waals surface area contributed by atoms with Crippen LogP contribution in [0.4, 0.5) is 0 Å². The molecule has 1 aliphatic carbocycles. The van der Waals surface area contributed by atoms with Crippen LogP contribution < -0.4 is 0 Å². The van der Waals surface area contributed by atoms with Gasteiger partial charge in [-0.1, -0.05) is 19.8 Å². The minimum atomic E-state index is -0.326. The number of hydrogen-bond acceptors (Lipinski definition) is 3. The van der Waals surface area contributed by atoms with Gasteiger partial charge in [-0.05, 0) is 45.2 Å². The lowest BCUT2D eigenvalue weighted by molar-refractivity contribution is -0.114. The van der Waals surface area contributed by atoms with Gasteiger partial charge in [-0.15, -0.1) is 0 Å². The number of allylic oxidation sites excluding steroid dienone is 2. The van der Waals surface area contributed by atoms with Crippen LogP contribution in [0.3, 0.4) is 0 Å². The zero-order chi connectivity index (χ0) is 13.4. The predicted octanol–water partition coefficient (Wildman–Crippen LogP) is 3.08. The summed E-state index contributed by atoms with van der Waals surface area (Å²) in [6.07, 6.45) is 6.36. The maximum absolute atomic E-state index is 11.3. The molecule has 3 nitrogen and oxygen atoms in total. The van der Waals surface area contributed by atoms with E-state index in [1.54, 1.807) is 6.08 Å². The lowest BCUT2D eigenvalue weighted by Gasteiger charge is -2.36. The van der Waals surface area contributed by atoms with Crippen molar-refractivity contribution in [3.05, 3.63) is 11.5 Å². The Hall–Kier alpha value is -0.605. The van der Waals surface area contributed by atoms with Crippen molar-refractivity contribution in [2.75, 3.05) is 0 Å². The number of unbranched alkanes of at least 4 members (excludes halogenated alkanes) is 1. The van der Waals surface area contributed by atoms with Crippen molar-refractivity contribution in [1.82, 2.24) is 0 Å². The van der Waals surface area contributed by atoms with Crippen molar-refractivity contribution < 1.29 is 14.1 Å². The normalized spacial score (nSPS) is 31.0. The highest BCUT2D eigenvalue weighted by Gasteiger charge is 2.54. The van der Waals surface area contributed by atoms with Crippen LogP contribution in [-0.2, 0) is 14.1 Å². The van der Waals surface area contributed by atoms with Gasteiger partial charge in [0.25, 0.3) is 0 Å². The highest BCUT2D eigenvalue weighted by molar-refractivity contribution is 6.55. The average molecular weight is 250 g/mol. The molecule has 0 bridgehead atoms. The van der Waals surface area contributed by atoms with Crippen LogP contribution in [0.15, 0.2) is 11.5 Å². The summed E-state index contributed by atoms with van der Waals surface area (Å²) in [5, 5.41) is 0. The van der Waals surface area contributed by atoms with Crippen molar-refractivity contribution >= 4 is 12.9 Å². The van der Waals surface area contributed by atoms with Crippen molar-refractivity contribution in [1.29, 1.82) is 0 Å². The van der Waals surface area contributed by atoms with Crippen LogP contribution in [-0.4, -0.2) is 24.1 Å². The number of hydrogen-bond donors (Lipinski definition) is 0. The summed E-state index contributed by atoms with van der Waals surface area (Å²) in [5.41, 5.74) is 0.438. The summed E-state index contributed by atoms with van der Waals surface area (Å²) in [5.74, 6) is 0.192. The van der Waals surface area contributed by atoms with E-state index in [0.717, 1.165) is 31.2 Å². The van der Waals surface area contributed by atoms with Gasteiger partial charge in [0.1, 0.15) is 0 Å². The van der Waals surface area contributed by atoms with Gasteiger partial charge in [0.15, 0.2) is 5.78 Å². The average Bonchev–Trinajstić information content (AvgIpc) is 2.80. The highest BCUT2D eigenvalue weighted by atomic mass is 16.7. The quantitative estimate of drug-likeness (QED) is 0.719. The van der Waals surface area contributed by atoms with Gasteiger partial charge in [-0.3, -0.25) is 4.79 Å². The largest absolute Gasteiger partial charge is 0.490 e. The van der Waals surface area contributed by atoms with E-state index in [4.69, 9.17) is 9.31 Å². The third-order valence-corrected chi connectivity index (χ3v) is 4.36. The van der Waals surface area contributed by atoms with Crippen LogP contribution in [0.25, 0.3) is 0 Å². The van der Waals surface area contributed by atoms with E-state index in [2.05, 4.69) is 27.7 Å². The fourth-order valence-electron chi connectivity index (χ4n) is 2.62. The van der Waals surface area contributed by atoms with Gasteiger partial charge >= 0.3 is 7.12 Å². The standard InChI is InChI=1S/C14H23BO3/c1-5-6-9-14(4)13(2,3)17-15(18-14)11-7-8-12(16)10-11/h10H,5-9H2,1-4H3. The van der Waals surface area contributed by atoms with E-state index >= 15 is 0 Å². The zero-order valence-electron chi connectivity index (χ0n) is 11.9. The van der Waals surface area contributed by atoms with Crippen LogP contribution >= 0.6 is 0 Å². The summed E-state index contributed by atoms with van der Waals surface area (Å²) < 4.78 is 12.2. The maximum Gasteiger partial charge on any atom is 0.490 e. The monoisotopic (exact) mass is 250 g/mol. The Kier molecular flexibility index (Phi) is 3.70. The van der Waals surface area contributed by atoms with Crippen molar-refractivity contribution in [2.24, 2.45) is 0 Å². The summed E-state index contributed by atoms with van der Waals surface area (Å²) in [4.78, 5) is 11.3. The molecule has 0 aromatic carbocycles. The fourth-order valence-corrected chi connectivity index (χ4v) is 2.62. The molecule has 4 heteroatoms. The topological polar surface area (TPSA) is 35.5 Å². The molecular weight excluding hydrogens is 227 g/mol. The molecule has 0 N–H and O–H groups in total. The minimum Gasteiger partial charge on any atom is -0.400 e. The maximum atomic E-state index is 11.3. The molecule has 1 saturated heterocycles. The second-order valence-electron chi connectivity index (χ2n) is 6.10. The third kappa shape index (κ3) is 2.41. The highest BCUT2D eigenvalue weighted by Crippen LogP contribution is 2.43. The smallest absolute Gasteiger partial charge is 0.400 e. The van der Waals surface area contributed by atoms with Crippen LogP contribution in [0.1, 0.15) is 59.8 Å². The van der Waals surface area contributed by atoms with E-state index < -0.39 is 0 Å². The van der Waals surface area contributed by atoms with Crippen molar-refractivity contribution in [3.8, 4) is 0 Å². The van der Waals surface area contributed by atoms with E-state index in [1.165, 1.54) is 0 Å². The molecule has 2 aliphatic rings. The number of ketones is 1. The van der Waals surface area contributed by atoms with Crippen LogP contribution in [0, 0.1) is 0 Å². The number of carbonyl (C=O) groups is 1. The Morgan fingerprint density at radius 2 is 2.00 bits per heavy atom. The van der Waals surface area contributed by atoms with Crippen molar-refractivity contribution in [3.63, 3.8) is 0 Å². The second kappa shape index (κ2) is 4.82. The Bertz CT molecular complexity index is 375. The van der Waals surface area contributed by atoms with Crippen LogP contribution in [0.2, 0.25) is 0 Å². The lowest BCUT2D eigenvalue weighted by Crippen LogP contribution is -2.44. The predicted molar refractivity (Wildman–Crippen MR) is 72.3 cm³/mol. The third-order valence-electron chi connectivity index (χ3n) is 4.36. The van der Waals surface area contributed by atoms with Crippen LogP contribution in [0.5, 0.6) is 0 Å². The van der Waals surface area contributed by atoms with Gasteiger partial charge in [0, 0.05) is 6.42 Å². The molecule has 0 aromatic rings. The minimum absolute atomic E-state index is 0.192. The van der Waals surface area contributed by atoms with E-state index in [1.807, 2.05) is 0 Å². The summed E-state index contributed by atoms with van der Waals surface area (Å²) >= 11 is 0. The lowest BCUT2D eigenvalue weighted by atomic mass is 9.78. The van der Waals surface area contributed by atoms with Gasteiger partial charge in [0.05, 0.1) is 11.2 Å². The Morgan fingerprint density at radius 3 is 2.56 bits per heavy atom.